The van der Waals surface area contributed by atoms with Crippen LogP contribution in [0.1, 0.15) is 24.9 Å². The Morgan fingerprint density at radius 1 is 1.41 bits per heavy atom. The maximum absolute atomic E-state index is 5.09. The van der Waals surface area contributed by atoms with E-state index in [1.54, 1.807) is 7.11 Å². The standard InChI is InChI=1S/C13H21N3O/c1-3-12(16-8-6-14-7-9-16)11-4-5-13(17-2)15-10-11/h4-5,10,12,14H,3,6-9H2,1-2H3/t12-/m0/s1. The average Bonchev–Trinajstić information content (AvgIpc) is 2.42. The van der Waals surface area contributed by atoms with Crippen LogP contribution >= 0.6 is 0 Å². The van der Waals surface area contributed by atoms with E-state index in [0.29, 0.717) is 11.9 Å². The summed E-state index contributed by atoms with van der Waals surface area (Å²) in [6, 6.07) is 4.55. The Labute approximate surface area is 103 Å². The summed E-state index contributed by atoms with van der Waals surface area (Å²) in [5.74, 6) is 0.684. The lowest BCUT2D eigenvalue weighted by Gasteiger charge is -2.34. The van der Waals surface area contributed by atoms with Crippen molar-refractivity contribution in [2.75, 3.05) is 33.3 Å². The number of aromatic nitrogens is 1. The quantitative estimate of drug-likeness (QED) is 0.857. The number of pyridine rings is 1. The van der Waals surface area contributed by atoms with Gasteiger partial charge in [-0.2, -0.15) is 0 Å². The van der Waals surface area contributed by atoms with E-state index in [0.717, 1.165) is 32.6 Å². The maximum Gasteiger partial charge on any atom is 0.212 e. The zero-order chi connectivity index (χ0) is 12.1. The van der Waals surface area contributed by atoms with E-state index in [1.807, 2.05) is 12.3 Å². The molecule has 2 heterocycles. The summed E-state index contributed by atoms with van der Waals surface area (Å²) in [6.45, 7) is 6.63. The second-order valence-electron chi connectivity index (χ2n) is 4.34. The van der Waals surface area contributed by atoms with Crippen molar-refractivity contribution in [1.82, 2.24) is 15.2 Å². The summed E-state index contributed by atoms with van der Waals surface area (Å²) in [7, 11) is 1.65. The first kappa shape index (κ1) is 12.3. The highest BCUT2D eigenvalue weighted by Crippen LogP contribution is 2.24. The molecule has 1 fully saturated rings. The molecule has 94 valence electrons. The summed E-state index contributed by atoms with van der Waals surface area (Å²) >= 11 is 0. The predicted octanol–water partition coefficient (Wildman–Crippen LogP) is 1.45. The Bertz CT molecular complexity index is 333. The molecule has 0 unspecified atom stereocenters. The second-order valence-corrected chi connectivity index (χ2v) is 4.34. The van der Waals surface area contributed by atoms with Gasteiger partial charge in [0.15, 0.2) is 0 Å². The van der Waals surface area contributed by atoms with Crippen LogP contribution in [0.25, 0.3) is 0 Å². The fourth-order valence-electron chi connectivity index (χ4n) is 2.41. The van der Waals surface area contributed by atoms with Crippen molar-refractivity contribution in [2.45, 2.75) is 19.4 Å². The van der Waals surface area contributed by atoms with Crippen LogP contribution in [0.2, 0.25) is 0 Å². The van der Waals surface area contributed by atoms with Gasteiger partial charge in [-0.15, -0.1) is 0 Å². The highest BCUT2D eigenvalue weighted by Gasteiger charge is 2.20. The molecule has 2 rings (SSSR count). The first-order valence-corrected chi connectivity index (χ1v) is 6.30. The molecule has 4 nitrogen and oxygen atoms in total. The van der Waals surface area contributed by atoms with Crippen molar-refractivity contribution in [3.8, 4) is 5.88 Å². The van der Waals surface area contributed by atoms with Gasteiger partial charge in [0.1, 0.15) is 0 Å². The van der Waals surface area contributed by atoms with Gasteiger partial charge in [-0.05, 0) is 12.0 Å². The van der Waals surface area contributed by atoms with E-state index in [1.165, 1.54) is 5.56 Å². The third kappa shape index (κ3) is 2.96. The molecule has 0 aromatic carbocycles. The van der Waals surface area contributed by atoms with Gasteiger partial charge in [0, 0.05) is 44.5 Å². The average molecular weight is 235 g/mol. The predicted molar refractivity (Wildman–Crippen MR) is 68.3 cm³/mol. The molecule has 1 aliphatic rings. The molecule has 0 saturated carbocycles. The summed E-state index contributed by atoms with van der Waals surface area (Å²) in [4.78, 5) is 6.82. The maximum atomic E-state index is 5.09. The van der Waals surface area contributed by atoms with E-state index in [2.05, 4.69) is 28.2 Å². The highest BCUT2D eigenvalue weighted by atomic mass is 16.5. The molecule has 0 aliphatic carbocycles. The third-order valence-electron chi connectivity index (χ3n) is 3.33. The zero-order valence-electron chi connectivity index (χ0n) is 10.6. The molecular formula is C13H21N3O. The summed E-state index contributed by atoms with van der Waals surface area (Å²) in [5, 5.41) is 3.39. The number of methoxy groups -OCH3 is 1. The number of piperazine rings is 1. The molecule has 1 atom stereocenters. The third-order valence-corrected chi connectivity index (χ3v) is 3.33. The Balaban J connectivity index is 2.10. The van der Waals surface area contributed by atoms with Crippen molar-refractivity contribution in [1.29, 1.82) is 0 Å². The topological polar surface area (TPSA) is 37.4 Å². The van der Waals surface area contributed by atoms with Crippen molar-refractivity contribution < 1.29 is 4.74 Å². The number of rotatable bonds is 4. The van der Waals surface area contributed by atoms with E-state index in [-0.39, 0.29) is 0 Å². The van der Waals surface area contributed by atoms with Crippen molar-refractivity contribution >= 4 is 0 Å². The Morgan fingerprint density at radius 3 is 2.71 bits per heavy atom. The second kappa shape index (κ2) is 5.98. The summed E-state index contributed by atoms with van der Waals surface area (Å²) in [6.07, 6.45) is 3.06. The fourth-order valence-corrected chi connectivity index (χ4v) is 2.41. The smallest absolute Gasteiger partial charge is 0.212 e. The number of nitrogens with zero attached hydrogens (tertiary/aromatic N) is 2. The van der Waals surface area contributed by atoms with Gasteiger partial charge >= 0.3 is 0 Å². The van der Waals surface area contributed by atoms with E-state index in [9.17, 15) is 0 Å². The van der Waals surface area contributed by atoms with Crippen LogP contribution in [-0.2, 0) is 0 Å². The van der Waals surface area contributed by atoms with Crippen LogP contribution in [0.5, 0.6) is 5.88 Å². The minimum atomic E-state index is 0.482. The fraction of sp³-hybridized carbons (Fsp3) is 0.615. The SMILES string of the molecule is CC[C@@H](c1ccc(OC)nc1)N1CCNCC1. The number of hydrogen-bond donors (Lipinski definition) is 1. The van der Waals surface area contributed by atoms with Crippen LogP contribution in [-0.4, -0.2) is 43.2 Å². The van der Waals surface area contributed by atoms with Gasteiger partial charge in [0.2, 0.25) is 5.88 Å². The molecule has 0 amide bonds. The van der Waals surface area contributed by atoms with Crippen LogP contribution in [0.3, 0.4) is 0 Å². The summed E-state index contributed by atoms with van der Waals surface area (Å²) in [5.41, 5.74) is 1.29. The normalized spacial score (nSPS) is 18.9. The first-order chi connectivity index (χ1) is 8.35. The van der Waals surface area contributed by atoms with Crippen LogP contribution < -0.4 is 10.1 Å². The molecule has 17 heavy (non-hydrogen) atoms. The molecule has 1 aromatic heterocycles. The van der Waals surface area contributed by atoms with Crippen molar-refractivity contribution in [3.05, 3.63) is 23.9 Å². The van der Waals surface area contributed by atoms with Crippen LogP contribution in [0, 0.1) is 0 Å². The molecule has 0 radical (unpaired) electrons. The van der Waals surface area contributed by atoms with Crippen LogP contribution in [0.4, 0.5) is 0 Å². The molecule has 1 saturated heterocycles. The summed E-state index contributed by atoms with van der Waals surface area (Å²) < 4.78 is 5.09. The monoisotopic (exact) mass is 235 g/mol. The minimum Gasteiger partial charge on any atom is -0.481 e. The van der Waals surface area contributed by atoms with Gasteiger partial charge in [0.25, 0.3) is 0 Å². The van der Waals surface area contributed by atoms with Gasteiger partial charge in [-0.25, -0.2) is 4.98 Å². The molecule has 1 aliphatic heterocycles. The minimum absolute atomic E-state index is 0.482. The molecule has 1 N–H and O–H groups in total. The number of nitrogens with one attached hydrogen (secondary N) is 1. The molecule has 0 bridgehead atoms. The van der Waals surface area contributed by atoms with E-state index in [4.69, 9.17) is 4.74 Å². The molecule has 4 heteroatoms. The Kier molecular flexibility index (Phi) is 4.34. The van der Waals surface area contributed by atoms with E-state index < -0.39 is 0 Å². The van der Waals surface area contributed by atoms with Crippen molar-refractivity contribution in [3.63, 3.8) is 0 Å². The lowest BCUT2D eigenvalue weighted by molar-refractivity contribution is 0.169. The van der Waals surface area contributed by atoms with Gasteiger partial charge in [0.05, 0.1) is 7.11 Å². The molecular weight excluding hydrogens is 214 g/mol. The van der Waals surface area contributed by atoms with Gasteiger partial charge in [-0.3, -0.25) is 4.90 Å². The number of hydrogen-bond acceptors (Lipinski definition) is 4. The number of ether oxygens (including phenoxy) is 1. The lowest BCUT2D eigenvalue weighted by atomic mass is 10.0. The van der Waals surface area contributed by atoms with Crippen molar-refractivity contribution in [2.24, 2.45) is 0 Å². The first-order valence-electron chi connectivity index (χ1n) is 6.30. The lowest BCUT2D eigenvalue weighted by Crippen LogP contribution is -2.45. The van der Waals surface area contributed by atoms with Gasteiger partial charge < -0.3 is 10.1 Å². The van der Waals surface area contributed by atoms with Crippen LogP contribution in [0.15, 0.2) is 18.3 Å². The molecule has 1 aromatic rings. The Morgan fingerprint density at radius 2 is 2.18 bits per heavy atom. The highest BCUT2D eigenvalue weighted by molar-refractivity contribution is 5.21. The zero-order valence-corrected chi connectivity index (χ0v) is 10.6. The Hall–Kier alpha value is -1.13. The van der Waals surface area contributed by atoms with E-state index >= 15 is 0 Å². The molecule has 0 spiro atoms. The van der Waals surface area contributed by atoms with Gasteiger partial charge in [-0.1, -0.05) is 13.0 Å². The largest absolute Gasteiger partial charge is 0.481 e.